The largest absolute Gasteiger partial charge is 0.339 e. The maximum atomic E-state index is 12.6. The van der Waals surface area contributed by atoms with Crippen molar-refractivity contribution in [3.8, 4) is 11.4 Å². The van der Waals surface area contributed by atoms with E-state index in [1.54, 1.807) is 30.5 Å². The summed E-state index contributed by atoms with van der Waals surface area (Å²) >= 11 is 6.93. The molecule has 30 heavy (non-hydrogen) atoms. The molecular weight excluding hydrogens is 448 g/mol. The standard InChI is InChI=1S/C19H19ClN4O4S2/c1-11-7-14(20)5-6-15(11)22-16(25)9-21-30(26,27)17-8-13(10-29-17)18-23-19(28-24-18)12-3-2-4-12/h5-8,10,12,21H,2-4,9H2,1H3,(H,22,25). The monoisotopic (exact) mass is 466 g/mol. The van der Waals surface area contributed by atoms with Gasteiger partial charge < -0.3 is 9.84 Å². The molecule has 0 bridgehead atoms. The van der Waals surface area contributed by atoms with Gasteiger partial charge in [-0.3, -0.25) is 4.79 Å². The number of carbonyl (C=O) groups excluding carboxylic acids is 1. The van der Waals surface area contributed by atoms with Crippen molar-refractivity contribution in [2.45, 2.75) is 36.3 Å². The van der Waals surface area contributed by atoms with Gasteiger partial charge in [-0.15, -0.1) is 11.3 Å². The van der Waals surface area contributed by atoms with Crippen LogP contribution in [0.15, 0.2) is 38.4 Å². The Labute approximate surface area is 182 Å². The van der Waals surface area contributed by atoms with Crippen LogP contribution in [0.1, 0.15) is 36.6 Å². The molecule has 1 aliphatic rings. The van der Waals surface area contributed by atoms with Crippen molar-refractivity contribution >= 4 is 44.6 Å². The lowest BCUT2D eigenvalue weighted by Gasteiger charge is -2.20. The number of thiophene rings is 1. The first-order valence-electron chi connectivity index (χ1n) is 9.30. The summed E-state index contributed by atoms with van der Waals surface area (Å²) in [5.41, 5.74) is 1.92. The second kappa shape index (κ2) is 8.46. The fourth-order valence-corrected chi connectivity index (χ4v) is 5.35. The van der Waals surface area contributed by atoms with E-state index in [1.807, 2.05) is 0 Å². The number of amides is 1. The molecule has 8 nitrogen and oxygen atoms in total. The number of hydrogen-bond donors (Lipinski definition) is 2. The number of carbonyl (C=O) groups is 1. The summed E-state index contributed by atoms with van der Waals surface area (Å²) in [7, 11) is -3.85. The van der Waals surface area contributed by atoms with Crippen molar-refractivity contribution in [2.24, 2.45) is 0 Å². The predicted molar refractivity (Wildman–Crippen MR) is 114 cm³/mol. The van der Waals surface area contributed by atoms with Crippen LogP contribution >= 0.6 is 22.9 Å². The van der Waals surface area contributed by atoms with E-state index in [4.69, 9.17) is 16.1 Å². The molecule has 0 spiro atoms. The zero-order valence-electron chi connectivity index (χ0n) is 16.0. The number of aromatic nitrogens is 2. The van der Waals surface area contributed by atoms with E-state index in [9.17, 15) is 13.2 Å². The van der Waals surface area contributed by atoms with E-state index in [2.05, 4.69) is 20.2 Å². The van der Waals surface area contributed by atoms with E-state index < -0.39 is 22.5 Å². The Hall–Kier alpha value is -2.27. The second-order valence-electron chi connectivity index (χ2n) is 7.07. The Morgan fingerprint density at radius 1 is 1.33 bits per heavy atom. The fraction of sp³-hybridized carbons (Fsp3) is 0.316. The molecule has 0 saturated heterocycles. The third-order valence-corrected chi connectivity index (χ3v) is 7.96. The van der Waals surface area contributed by atoms with Crippen LogP contribution in [0.25, 0.3) is 11.4 Å². The summed E-state index contributed by atoms with van der Waals surface area (Å²) in [5, 5.41) is 8.83. The van der Waals surface area contributed by atoms with Crippen LogP contribution in [0.4, 0.5) is 5.69 Å². The maximum Gasteiger partial charge on any atom is 0.250 e. The van der Waals surface area contributed by atoms with Gasteiger partial charge >= 0.3 is 0 Å². The first kappa shape index (κ1) is 21.0. The summed E-state index contributed by atoms with van der Waals surface area (Å²) in [5.74, 6) is 0.784. The Bertz CT molecular complexity index is 1180. The van der Waals surface area contributed by atoms with Gasteiger partial charge in [0, 0.05) is 27.6 Å². The quantitative estimate of drug-likeness (QED) is 0.545. The minimum absolute atomic E-state index is 0.0722. The van der Waals surface area contributed by atoms with Gasteiger partial charge in [-0.2, -0.15) is 4.98 Å². The Balaban J connectivity index is 1.39. The molecule has 1 aromatic carbocycles. The van der Waals surface area contributed by atoms with E-state index in [-0.39, 0.29) is 4.21 Å². The summed E-state index contributed by atoms with van der Waals surface area (Å²) in [6, 6.07) is 6.50. The van der Waals surface area contributed by atoms with E-state index >= 15 is 0 Å². The van der Waals surface area contributed by atoms with Crippen LogP contribution in [-0.2, 0) is 14.8 Å². The summed E-state index contributed by atoms with van der Waals surface area (Å²) < 4.78 is 32.8. The average Bonchev–Trinajstić information content (AvgIpc) is 3.31. The second-order valence-corrected chi connectivity index (χ2v) is 10.4. The Morgan fingerprint density at radius 3 is 2.83 bits per heavy atom. The van der Waals surface area contributed by atoms with Crippen LogP contribution < -0.4 is 10.0 Å². The van der Waals surface area contributed by atoms with E-state index in [1.165, 1.54) is 6.07 Å². The molecule has 2 heterocycles. The molecule has 0 unspecified atom stereocenters. The van der Waals surface area contributed by atoms with Crippen LogP contribution in [0, 0.1) is 6.92 Å². The number of halogens is 1. The van der Waals surface area contributed by atoms with Crippen molar-refractivity contribution in [2.75, 3.05) is 11.9 Å². The Morgan fingerprint density at radius 2 is 2.13 bits per heavy atom. The van der Waals surface area contributed by atoms with Gasteiger partial charge in [0.05, 0.1) is 6.54 Å². The molecule has 1 saturated carbocycles. The molecule has 2 aromatic heterocycles. The molecule has 2 N–H and O–H groups in total. The summed E-state index contributed by atoms with van der Waals surface area (Å²) in [6.45, 7) is 1.40. The molecule has 0 aliphatic heterocycles. The molecule has 0 atom stereocenters. The van der Waals surface area contributed by atoms with Crippen LogP contribution in [0.5, 0.6) is 0 Å². The minimum Gasteiger partial charge on any atom is -0.339 e. The number of aryl methyl sites for hydroxylation is 1. The fourth-order valence-electron chi connectivity index (χ4n) is 2.94. The van der Waals surface area contributed by atoms with Crippen LogP contribution in [-0.4, -0.2) is 31.0 Å². The molecule has 11 heteroatoms. The highest BCUT2D eigenvalue weighted by molar-refractivity contribution is 7.91. The molecule has 158 valence electrons. The highest BCUT2D eigenvalue weighted by Gasteiger charge is 2.26. The zero-order valence-corrected chi connectivity index (χ0v) is 18.4. The number of hydrogen-bond acceptors (Lipinski definition) is 7. The number of benzene rings is 1. The molecule has 4 rings (SSSR count). The first-order chi connectivity index (χ1) is 14.3. The first-order valence-corrected chi connectivity index (χ1v) is 12.0. The highest BCUT2D eigenvalue weighted by Crippen LogP contribution is 2.36. The van der Waals surface area contributed by atoms with Gasteiger partial charge in [-0.05, 0) is 49.6 Å². The highest BCUT2D eigenvalue weighted by atomic mass is 35.5. The smallest absolute Gasteiger partial charge is 0.250 e. The summed E-state index contributed by atoms with van der Waals surface area (Å²) in [4.78, 5) is 16.5. The molecular formula is C19H19ClN4O4S2. The molecule has 3 aromatic rings. The van der Waals surface area contributed by atoms with Gasteiger partial charge in [-0.1, -0.05) is 23.2 Å². The molecule has 1 amide bonds. The van der Waals surface area contributed by atoms with E-state index in [0.717, 1.165) is 36.2 Å². The lowest BCUT2D eigenvalue weighted by molar-refractivity contribution is -0.115. The number of anilines is 1. The van der Waals surface area contributed by atoms with Crippen molar-refractivity contribution in [3.05, 3.63) is 46.1 Å². The van der Waals surface area contributed by atoms with Gasteiger partial charge in [-0.25, -0.2) is 13.1 Å². The van der Waals surface area contributed by atoms with Gasteiger partial charge in [0.15, 0.2) is 0 Å². The number of rotatable bonds is 7. The van der Waals surface area contributed by atoms with Crippen molar-refractivity contribution < 1.29 is 17.7 Å². The predicted octanol–water partition coefficient (Wildman–Crippen LogP) is 3.94. The van der Waals surface area contributed by atoms with E-state index in [0.29, 0.717) is 33.9 Å². The van der Waals surface area contributed by atoms with Gasteiger partial charge in [0.2, 0.25) is 17.6 Å². The third-order valence-electron chi connectivity index (χ3n) is 4.88. The topological polar surface area (TPSA) is 114 Å². The lowest BCUT2D eigenvalue weighted by Crippen LogP contribution is -2.32. The normalized spacial score (nSPS) is 14.5. The lowest BCUT2D eigenvalue weighted by atomic mass is 9.85. The van der Waals surface area contributed by atoms with Crippen LogP contribution in [0.3, 0.4) is 0 Å². The molecule has 1 fully saturated rings. The van der Waals surface area contributed by atoms with Gasteiger partial charge in [0.25, 0.3) is 10.0 Å². The number of sulfonamides is 1. The average molecular weight is 467 g/mol. The SMILES string of the molecule is Cc1cc(Cl)ccc1NC(=O)CNS(=O)(=O)c1cc(-c2noc(C3CCC3)n2)cs1. The zero-order chi connectivity index (χ0) is 21.3. The van der Waals surface area contributed by atoms with Crippen molar-refractivity contribution in [3.63, 3.8) is 0 Å². The summed E-state index contributed by atoms with van der Waals surface area (Å²) in [6.07, 6.45) is 3.22. The van der Waals surface area contributed by atoms with Gasteiger partial charge in [0.1, 0.15) is 4.21 Å². The van der Waals surface area contributed by atoms with Crippen molar-refractivity contribution in [1.82, 2.24) is 14.9 Å². The maximum absolute atomic E-state index is 12.6. The number of nitrogens with one attached hydrogen (secondary N) is 2. The minimum atomic E-state index is -3.85. The van der Waals surface area contributed by atoms with Crippen molar-refractivity contribution in [1.29, 1.82) is 0 Å². The third kappa shape index (κ3) is 4.56. The molecule has 0 radical (unpaired) electrons. The molecule has 1 aliphatic carbocycles. The number of nitrogens with zero attached hydrogens (tertiary/aromatic N) is 2. The van der Waals surface area contributed by atoms with Crippen LogP contribution in [0.2, 0.25) is 5.02 Å². The Kier molecular flexibility index (Phi) is 5.92.